The lowest BCUT2D eigenvalue weighted by atomic mass is 10.2. The minimum absolute atomic E-state index is 0.0433. The molecule has 0 spiro atoms. The van der Waals surface area contributed by atoms with Crippen molar-refractivity contribution in [3.05, 3.63) is 53.6 Å². The molecule has 5 heteroatoms. The van der Waals surface area contributed by atoms with Gasteiger partial charge >= 0.3 is 0 Å². The molecule has 0 heterocycles. The van der Waals surface area contributed by atoms with Crippen molar-refractivity contribution in [2.24, 2.45) is 0 Å². The lowest BCUT2D eigenvalue weighted by Crippen LogP contribution is -2.31. The van der Waals surface area contributed by atoms with E-state index in [-0.39, 0.29) is 5.75 Å². The molecule has 0 aliphatic carbocycles. The summed E-state index contributed by atoms with van der Waals surface area (Å²) >= 11 is 0. The Morgan fingerprint density at radius 2 is 1.81 bits per heavy atom. The third-order valence-electron chi connectivity index (χ3n) is 3.30. The van der Waals surface area contributed by atoms with Crippen LogP contribution in [0.3, 0.4) is 0 Å². The van der Waals surface area contributed by atoms with Gasteiger partial charge in [-0.25, -0.2) is 8.42 Å². The number of anilines is 1. The van der Waals surface area contributed by atoms with Gasteiger partial charge in [-0.15, -0.1) is 0 Å². The predicted molar refractivity (Wildman–Crippen MR) is 84.2 cm³/mol. The maximum Gasteiger partial charge on any atom is 0.264 e. The van der Waals surface area contributed by atoms with Crippen LogP contribution in [0, 0.1) is 13.8 Å². The van der Waals surface area contributed by atoms with Crippen molar-refractivity contribution < 1.29 is 13.5 Å². The summed E-state index contributed by atoms with van der Waals surface area (Å²) in [5.41, 5.74) is 2.19. The Balaban J connectivity index is 2.54. The van der Waals surface area contributed by atoms with Crippen LogP contribution in [0.15, 0.2) is 47.4 Å². The molecule has 1 N–H and O–H groups in total. The Morgan fingerprint density at radius 1 is 1.10 bits per heavy atom. The van der Waals surface area contributed by atoms with Gasteiger partial charge in [-0.05, 0) is 44.5 Å². The molecule has 0 saturated heterocycles. The molecule has 0 fully saturated rings. The van der Waals surface area contributed by atoms with E-state index in [4.69, 9.17) is 0 Å². The highest BCUT2D eigenvalue weighted by molar-refractivity contribution is 7.92. The highest BCUT2D eigenvalue weighted by atomic mass is 32.2. The van der Waals surface area contributed by atoms with E-state index in [0.717, 1.165) is 5.56 Å². The van der Waals surface area contributed by atoms with Crippen LogP contribution >= 0.6 is 0 Å². The van der Waals surface area contributed by atoms with Crippen molar-refractivity contribution in [2.45, 2.75) is 25.7 Å². The topological polar surface area (TPSA) is 57.6 Å². The molecular weight excluding hydrogens is 286 g/mol. The summed E-state index contributed by atoms with van der Waals surface area (Å²) in [6.07, 6.45) is 0. The van der Waals surface area contributed by atoms with E-state index in [1.165, 1.54) is 16.4 Å². The van der Waals surface area contributed by atoms with Gasteiger partial charge in [-0.3, -0.25) is 4.31 Å². The van der Waals surface area contributed by atoms with Gasteiger partial charge in [0.1, 0.15) is 5.75 Å². The van der Waals surface area contributed by atoms with Crippen molar-refractivity contribution >= 4 is 15.7 Å². The maximum absolute atomic E-state index is 12.9. The van der Waals surface area contributed by atoms with Crippen LogP contribution in [0.5, 0.6) is 5.75 Å². The van der Waals surface area contributed by atoms with E-state index in [9.17, 15) is 13.5 Å². The fraction of sp³-hybridized carbons (Fsp3) is 0.250. The van der Waals surface area contributed by atoms with Gasteiger partial charge in [-0.1, -0.05) is 23.8 Å². The quantitative estimate of drug-likeness (QED) is 0.943. The lowest BCUT2D eigenvalue weighted by Gasteiger charge is -2.24. The van der Waals surface area contributed by atoms with Gasteiger partial charge in [0, 0.05) is 12.6 Å². The van der Waals surface area contributed by atoms with Crippen LogP contribution in [0.1, 0.15) is 18.1 Å². The second-order valence-electron chi connectivity index (χ2n) is 4.96. The normalized spacial score (nSPS) is 11.4. The van der Waals surface area contributed by atoms with Gasteiger partial charge in [0.05, 0.1) is 10.6 Å². The summed E-state index contributed by atoms with van der Waals surface area (Å²) in [6, 6.07) is 11.5. The molecule has 0 aliphatic heterocycles. The first kappa shape index (κ1) is 15.4. The number of nitrogens with zero attached hydrogens (tertiary/aromatic N) is 1. The minimum Gasteiger partial charge on any atom is -0.508 e. The smallest absolute Gasteiger partial charge is 0.264 e. The average molecular weight is 305 g/mol. The largest absolute Gasteiger partial charge is 0.508 e. The number of aromatic hydroxyl groups is 1. The number of sulfonamides is 1. The van der Waals surface area contributed by atoms with Gasteiger partial charge in [0.15, 0.2) is 0 Å². The SMILES string of the molecule is CCN(c1cccc(O)c1)S(=O)(=O)c1ccc(C)cc1C. The second-order valence-corrected chi connectivity index (χ2v) is 6.79. The molecule has 0 atom stereocenters. The molecule has 2 aromatic rings. The highest BCUT2D eigenvalue weighted by Crippen LogP contribution is 2.28. The van der Waals surface area contributed by atoms with Crippen molar-refractivity contribution in [3.63, 3.8) is 0 Å². The van der Waals surface area contributed by atoms with Crippen LogP contribution in [0.2, 0.25) is 0 Å². The molecule has 0 unspecified atom stereocenters. The van der Waals surface area contributed by atoms with Crippen LogP contribution < -0.4 is 4.31 Å². The zero-order valence-electron chi connectivity index (χ0n) is 12.4. The molecule has 4 nitrogen and oxygen atoms in total. The summed E-state index contributed by atoms with van der Waals surface area (Å²) in [6.45, 7) is 5.77. The molecule has 2 rings (SSSR count). The first-order valence-electron chi connectivity index (χ1n) is 6.75. The number of aryl methyl sites for hydroxylation is 2. The zero-order chi connectivity index (χ0) is 15.6. The first-order valence-corrected chi connectivity index (χ1v) is 8.19. The Labute approximate surface area is 125 Å². The van der Waals surface area contributed by atoms with E-state index in [1.54, 1.807) is 38.1 Å². The molecule has 21 heavy (non-hydrogen) atoms. The van der Waals surface area contributed by atoms with Crippen molar-refractivity contribution in [1.29, 1.82) is 0 Å². The number of hydrogen-bond acceptors (Lipinski definition) is 3. The Bertz CT molecular complexity index is 754. The molecule has 112 valence electrons. The minimum atomic E-state index is -3.65. The summed E-state index contributed by atoms with van der Waals surface area (Å²) < 4.78 is 27.0. The Kier molecular flexibility index (Phi) is 4.23. The molecule has 2 aromatic carbocycles. The van der Waals surface area contributed by atoms with Crippen LogP contribution in [0.4, 0.5) is 5.69 Å². The maximum atomic E-state index is 12.9. The van der Waals surface area contributed by atoms with E-state index in [0.29, 0.717) is 22.7 Å². The Hall–Kier alpha value is -2.01. The van der Waals surface area contributed by atoms with Crippen molar-refractivity contribution in [2.75, 3.05) is 10.8 Å². The molecule has 0 aliphatic rings. The molecule has 0 bridgehead atoms. The van der Waals surface area contributed by atoms with E-state index < -0.39 is 10.0 Å². The first-order chi connectivity index (χ1) is 9.86. The van der Waals surface area contributed by atoms with Gasteiger partial charge in [0.2, 0.25) is 0 Å². The third-order valence-corrected chi connectivity index (χ3v) is 5.37. The van der Waals surface area contributed by atoms with Crippen molar-refractivity contribution in [1.82, 2.24) is 0 Å². The van der Waals surface area contributed by atoms with E-state index in [2.05, 4.69) is 0 Å². The zero-order valence-corrected chi connectivity index (χ0v) is 13.2. The fourth-order valence-electron chi connectivity index (χ4n) is 2.35. The Morgan fingerprint density at radius 3 is 2.38 bits per heavy atom. The molecule has 0 saturated carbocycles. The summed E-state index contributed by atoms with van der Waals surface area (Å²) in [5, 5.41) is 9.56. The summed E-state index contributed by atoms with van der Waals surface area (Å²) in [4.78, 5) is 0.290. The monoisotopic (exact) mass is 305 g/mol. The number of rotatable bonds is 4. The van der Waals surface area contributed by atoms with Crippen LogP contribution in [-0.2, 0) is 10.0 Å². The highest BCUT2D eigenvalue weighted by Gasteiger charge is 2.25. The van der Waals surface area contributed by atoms with Gasteiger partial charge in [0.25, 0.3) is 10.0 Å². The average Bonchev–Trinajstić information content (AvgIpc) is 2.38. The summed E-state index contributed by atoms with van der Waals surface area (Å²) in [7, 11) is -3.65. The standard InChI is InChI=1S/C16H19NO3S/c1-4-17(14-6-5-7-15(18)11-14)21(19,20)16-9-8-12(2)10-13(16)3/h5-11,18H,4H2,1-3H3. The third kappa shape index (κ3) is 3.03. The molecule has 0 aromatic heterocycles. The number of phenolic OH excluding ortho intramolecular Hbond substituents is 1. The summed E-state index contributed by atoms with van der Waals surface area (Å²) in [5.74, 6) is 0.0433. The van der Waals surface area contributed by atoms with Crippen LogP contribution in [-0.4, -0.2) is 20.1 Å². The van der Waals surface area contributed by atoms with Crippen molar-refractivity contribution in [3.8, 4) is 5.75 Å². The van der Waals surface area contributed by atoms with Gasteiger partial charge < -0.3 is 5.11 Å². The molecule has 0 amide bonds. The van der Waals surface area contributed by atoms with E-state index >= 15 is 0 Å². The fourth-order valence-corrected chi connectivity index (χ4v) is 4.02. The number of phenols is 1. The lowest BCUT2D eigenvalue weighted by molar-refractivity contribution is 0.475. The molecule has 0 radical (unpaired) electrons. The number of benzene rings is 2. The number of hydrogen-bond donors (Lipinski definition) is 1. The van der Waals surface area contributed by atoms with Gasteiger partial charge in [-0.2, -0.15) is 0 Å². The predicted octanol–water partition coefficient (Wildman–Crippen LogP) is 3.22. The second kappa shape index (κ2) is 5.77. The molecular formula is C16H19NO3S. The van der Waals surface area contributed by atoms with E-state index in [1.807, 2.05) is 13.0 Å². The van der Waals surface area contributed by atoms with Crippen LogP contribution in [0.25, 0.3) is 0 Å².